The molecule has 0 radical (unpaired) electrons. The largest absolute Gasteiger partial charge is 0.478 e. The monoisotopic (exact) mass is 313 g/mol. The Morgan fingerprint density at radius 2 is 2.28 bits per heavy atom. The third-order valence-corrected chi connectivity index (χ3v) is 3.76. The molecule has 1 unspecified atom stereocenters. The molecule has 2 heterocycles. The second-order valence-corrected chi connectivity index (χ2v) is 5.52. The molecule has 1 atom stereocenters. The summed E-state index contributed by atoms with van der Waals surface area (Å²) < 4.78 is 0.686. The second kappa shape index (κ2) is 5.24. The van der Waals surface area contributed by atoms with Gasteiger partial charge in [0.1, 0.15) is 11.4 Å². The summed E-state index contributed by atoms with van der Waals surface area (Å²) in [5.41, 5.74) is 0.251. The summed E-state index contributed by atoms with van der Waals surface area (Å²) in [4.78, 5) is 19.8. The van der Waals surface area contributed by atoms with Crippen LogP contribution in [0, 0.1) is 0 Å². The molecule has 98 valence electrons. The predicted octanol–water partition coefficient (Wildman–Crippen LogP) is 1.68. The van der Waals surface area contributed by atoms with E-state index in [0.29, 0.717) is 16.3 Å². The fourth-order valence-electron chi connectivity index (χ4n) is 2.08. The van der Waals surface area contributed by atoms with Gasteiger partial charge in [-0.15, -0.1) is 0 Å². The van der Waals surface area contributed by atoms with Crippen LogP contribution in [0.5, 0.6) is 0 Å². The maximum atomic E-state index is 11.3. The van der Waals surface area contributed by atoms with Gasteiger partial charge in [0.05, 0.1) is 0 Å². The Morgan fingerprint density at radius 1 is 1.56 bits per heavy atom. The summed E-state index contributed by atoms with van der Waals surface area (Å²) >= 11 is 3.26. The zero-order valence-electron chi connectivity index (χ0n) is 10.4. The molecule has 1 saturated heterocycles. The molecule has 0 aromatic carbocycles. The number of carboxylic acids is 1. The van der Waals surface area contributed by atoms with Gasteiger partial charge in [0, 0.05) is 36.3 Å². The summed E-state index contributed by atoms with van der Waals surface area (Å²) in [5.74, 6) is -0.379. The molecular formula is C12H16BrN3O2. The fourth-order valence-corrected chi connectivity index (χ4v) is 2.41. The van der Waals surface area contributed by atoms with Crippen LogP contribution in [-0.4, -0.2) is 53.7 Å². The Balaban J connectivity index is 2.30. The van der Waals surface area contributed by atoms with Crippen molar-refractivity contribution in [3.8, 4) is 0 Å². The molecule has 0 saturated carbocycles. The second-order valence-electron chi connectivity index (χ2n) is 4.61. The number of anilines is 1. The molecule has 2 rings (SSSR count). The number of piperazine rings is 1. The zero-order chi connectivity index (χ0) is 13.3. The number of halogens is 1. The van der Waals surface area contributed by atoms with E-state index >= 15 is 0 Å². The molecule has 0 aliphatic carbocycles. The Bertz CT molecular complexity index is 467. The molecule has 1 aromatic rings. The number of likely N-dealkylation sites (N-methyl/N-ethyl adjacent to an activating group) is 1. The average Bonchev–Trinajstić information content (AvgIpc) is 2.32. The summed E-state index contributed by atoms with van der Waals surface area (Å²) in [5, 5.41) is 9.24. The van der Waals surface area contributed by atoms with Crippen molar-refractivity contribution in [3.63, 3.8) is 0 Å². The van der Waals surface area contributed by atoms with Crippen LogP contribution < -0.4 is 4.90 Å². The molecule has 1 aromatic heterocycles. The molecular weight excluding hydrogens is 298 g/mol. The number of nitrogens with zero attached hydrogens (tertiary/aromatic N) is 3. The number of aromatic carboxylic acids is 1. The van der Waals surface area contributed by atoms with Crippen LogP contribution in [0.3, 0.4) is 0 Å². The number of aromatic nitrogens is 1. The van der Waals surface area contributed by atoms with Crippen molar-refractivity contribution in [3.05, 3.63) is 22.3 Å². The minimum absolute atomic E-state index is 0.251. The smallest absolute Gasteiger partial charge is 0.339 e. The number of hydrogen-bond acceptors (Lipinski definition) is 4. The first kappa shape index (κ1) is 13.3. The van der Waals surface area contributed by atoms with E-state index in [1.807, 2.05) is 4.90 Å². The van der Waals surface area contributed by atoms with Crippen molar-refractivity contribution < 1.29 is 9.90 Å². The quantitative estimate of drug-likeness (QED) is 0.900. The lowest BCUT2D eigenvalue weighted by molar-refractivity contribution is 0.0696. The van der Waals surface area contributed by atoms with Crippen LogP contribution in [0.25, 0.3) is 0 Å². The lowest BCUT2D eigenvalue weighted by Gasteiger charge is -2.38. The molecule has 1 N–H and O–H groups in total. The predicted molar refractivity (Wildman–Crippen MR) is 73.2 cm³/mol. The lowest BCUT2D eigenvalue weighted by Crippen LogP contribution is -2.50. The Morgan fingerprint density at radius 3 is 2.89 bits per heavy atom. The van der Waals surface area contributed by atoms with Crippen LogP contribution in [0.4, 0.5) is 5.82 Å². The maximum Gasteiger partial charge on any atom is 0.339 e. The van der Waals surface area contributed by atoms with E-state index in [9.17, 15) is 9.90 Å². The summed E-state index contributed by atoms with van der Waals surface area (Å²) in [6, 6.07) is 2.00. The normalized spacial score (nSPS) is 21.1. The van der Waals surface area contributed by atoms with Crippen LogP contribution >= 0.6 is 15.9 Å². The van der Waals surface area contributed by atoms with Gasteiger partial charge in [0.25, 0.3) is 0 Å². The molecule has 1 aliphatic rings. The zero-order valence-corrected chi connectivity index (χ0v) is 12.0. The third-order valence-electron chi connectivity index (χ3n) is 3.32. The van der Waals surface area contributed by atoms with Crippen molar-refractivity contribution in [2.24, 2.45) is 0 Å². The van der Waals surface area contributed by atoms with Crippen molar-refractivity contribution >= 4 is 27.7 Å². The van der Waals surface area contributed by atoms with Crippen molar-refractivity contribution in [2.75, 3.05) is 31.6 Å². The van der Waals surface area contributed by atoms with Crippen LogP contribution in [-0.2, 0) is 0 Å². The Hall–Kier alpha value is -1.14. The first-order valence-corrected chi connectivity index (χ1v) is 6.62. The summed E-state index contributed by atoms with van der Waals surface area (Å²) in [7, 11) is 2.08. The van der Waals surface area contributed by atoms with Gasteiger partial charge in [0.15, 0.2) is 0 Å². The van der Waals surface area contributed by atoms with Gasteiger partial charge >= 0.3 is 5.97 Å². The van der Waals surface area contributed by atoms with Gasteiger partial charge in [-0.2, -0.15) is 0 Å². The first-order valence-electron chi connectivity index (χ1n) is 5.83. The average molecular weight is 314 g/mol. The molecule has 0 bridgehead atoms. The van der Waals surface area contributed by atoms with Gasteiger partial charge < -0.3 is 14.9 Å². The van der Waals surface area contributed by atoms with Gasteiger partial charge in [-0.3, -0.25) is 0 Å². The van der Waals surface area contributed by atoms with E-state index in [0.717, 1.165) is 19.6 Å². The fraction of sp³-hybridized carbons (Fsp3) is 0.500. The molecule has 6 heteroatoms. The Labute approximate surface area is 115 Å². The number of pyridine rings is 1. The van der Waals surface area contributed by atoms with E-state index < -0.39 is 5.97 Å². The van der Waals surface area contributed by atoms with Crippen LogP contribution in [0.2, 0.25) is 0 Å². The van der Waals surface area contributed by atoms with E-state index in [2.05, 4.69) is 39.8 Å². The highest BCUT2D eigenvalue weighted by atomic mass is 79.9. The highest BCUT2D eigenvalue weighted by molar-refractivity contribution is 9.10. The number of hydrogen-bond donors (Lipinski definition) is 1. The van der Waals surface area contributed by atoms with Gasteiger partial charge in [-0.25, -0.2) is 9.78 Å². The standard InChI is InChI=1S/C12H16BrN3O2/c1-8-7-16(4-3-15(8)2)11-10(12(17)18)5-9(13)6-14-11/h5-6,8H,3-4,7H2,1-2H3,(H,17,18). The van der Waals surface area contributed by atoms with E-state index in [1.165, 1.54) is 0 Å². The van der Waals surface area contributed by atoms with Gasteiger partial charge in [-0.05, 0) is 36.0 Å². The van der Waals surface area contributed by atoms with Crippen molar-refractivity contribution in [1.82, 2.24) is 9.88 Å². The van der Waals surface area contributed by atoms with E-state index in [-0.39, 0.29) is 5.56 Å². The van der Waals surface area contributed by atoms with E-state index in [1.54, 1.807) is 12.3 Å². The minimum Gasteiger partial charge on any atom is -0.478 e. The van der Waals surface area contributed by atoms with Crippen LogP contribution in [0.15, 0.2) is 16.7 Å². The first-order chi connectivity index (χ1) is 8.49. The lowest BCUT2D eigenvalue weighted by atomic mass is 10.1. The number of carboxylic acid groups (broad SMARTS) is 1. The summed E-state index contributed by atoms with van der Waals surface area (Å²) in [6.07, 6.45) is 1.64. The van der Waals surface area contributed by atoms with Crippen molar-refractivity contribution in [1.29, 1.82) is 0 Å². The molecule has 1 fully saturated rings. The van der Waals surface area contributed by atoms with Gasteiger partial charge in [0.2, 0.25) is 0 Å². The molecule has 18 heavy (non-hydrogen) atoms. The molecule has 0 amide bonds. The van der Waals surface area contributed by atoms with Crippen LogP contribution in [0.1, 0.15) is 17.3 Å². The van der Waals surface area contributed by atoms with E-state index in [4.69, 9.17) is 0 Å². The van der Waals surface area contributed by atoms with Crippen molar-refractivity contribution in [2.45, 2.75) is 13.0 Å². The number of carbonyl (C=O) groups is 1. The highest BCUT2D eigenvalue weighted by Crippen LogP contribution is 2.23. The maximum absolute atomic E-state index is 11.3. The topological polar surface area (TPSA) is 56.7 Å². The SMILES string of the molecule is CC1CN(c2ncc(Br)cc2C(=O)O)CCN1C. The third kappa shape index (κ3) is 2.64. The molecule has 0 spiro atoms. The molecule has 1 aliphatic heterocycles. The Kier molecular flexibility index (Phi) is 3.87. The summed E-state index contributed by atoms with van der Waals surface area (Å²) in [6.45, 7) is 4.64. The van der Waals surface area contributed by atoms with Gasteiger partial charge in [-0.1, -0.05) is 0 Å². The number of rotatable bonds is 2. The minimum atomic E-state index is -0.939. The highest BCUT2D eigenvalue weighted by Gasteiger charge is 2.25. The molecule has 5 nitrogen and oxygen atoms in total.